The minimum Gasteiger partial charge on any atom is -0.384 e. The molecule has 114 valence electrons. The molecule has 7 heteroatoms. The molecule has 0 fully saturated rings. The lowest BCUT2D eigenvalue weighted by atomic mass is 10.2. The van der Waals surface area contributed by atoms with Crippen LogP contribution in [0, 0.1) is 0 Å². The first-order valence-corrected chi connectivity index (χ1v) is 6.67. The van der Waals surface area contributed by atoms with Crippen molar-refractivity contribution in [3.63, 3.8) is 0 Å². The van der Waals surface area contributed by atoms with Gasteiger partial charge in [0.1, 0.15) is 11.6 Å². The van der Waals surface area contributed by atoms with Crippen molar-refractivity contribution in [2.75, 3.05) is 37.2 Å². The molecule has 4 nitrogen and oxygen atoms in total. The van der Waals surface area contributed by atoms with Gasteiger partial charge in [-0.3, -0.25) is 0 Å². The summed E-state index contributed by atoms with van der Waals surface area (Å²) in [6.07, 6.45) is -3.37. The van der Waals surface area contributed by atoms with E-state index in [-0.39, 0.29) is 11.6 Å². The average Bonchev–Trinajstić information content (AvgIpc) is 2.36. The van der Waals surface area contributed by atoms with Gasteiger partial charge in [0.2, 0.25) is 0 Å². The summed E-state index contributed by atoms with van der Waals surface area (Å²) in [7, 11) is 0. The average molecular weight is 290 g/mol. The van der Waals surface area contributed by atoms with Crippen molar-refractivity contribution in [1.29, 1.82) is 0 Å². The molecule has 1 aromatic heterocycles. The third-order valence-corrected chi connectivity index (χ3v) is 2.89. The molecule has 3 N–H and O–H groups in total. The second kappa shape index (κ2) is 7.33. The Morgan fingerprint density at radius 3 is 2.50 bits per heavy atom. The Morgan fingerprint density at radius 2 is 1.95 bits per heavy atom. The van der Waals surface area contributed by atoms with E-state index in [9.17, 15) is 13.2 Å². The molecule has 0 radical (unpaired) electrons. The molecule has 0 atom stereocenters. The fraction of sp³-hybridized carbons (Fsp3) is 0.615. The first kappa shape index (κ1) is 16.6. The molecule has 0 aliphatic rings. The number of nitrogens with two attached hydrogens (primary N) is 1. The van der Waals surface area contributed by atoms with Gasteiger partial charge < -0.3 is 16.0 Å². The molecule has 0 saturated heterocycles. The van der Waals surface area contributed by atoms with Crippen LogP contribution in [0.2, 0.25) is 0 Å². The normalized spacial score (nSPS) is 11.9. The molecule has 0 unspecified atom stereocenters. The Hall–Kier alpha value is -1.50. The number of hydrogen-bond donors (Lipinski definition) is 2. The molecular weight excluding hydrogens is 269 g/mol. The standard InChI is InChI=1S/C13H21F3N4/c1-3-6-20(4-2)7-5-18-12-9-10(13(14,15)16)8-11(17)19-12/h8-9H,3-7H2,1-2H3,(H3,17,18,19). The Bertz CT molecular complexity index is 421. The van der Waals surface area contributed by atoms with Crippen molar-refractivity contribution in [2.45, 2.75) is 26.4 Å². The first-order valence-electron chi connectivity index (χ1n) is 6.67. The van der Waals surface area contributed by atoms with Crippen molar-refractivity contribution >= 4 is 11.6 Å². The highest BCUT2D eigenvalue weighted by Crippen LogP contribution is 2.31. The molecule has 0 aliphatic carbocycles. The van der Waals surface area contributed by atoms with Gasteiger partial charge in [0, 0.05) is 13.1 Å². The van der Waals surface area contributed by atoms with Gasteiger partial charge in [0.15, 0.2) is 0 Å². The summed E-state index contributed by atoms with van der Waals surface area (Å²) in [5.74, 6) is 0.0214. The molecule has 0 aromatic carbocycles. The number of nitrogens with zero attached hydrogens (tertiary/aromatic N) is 2. The second-order valence-electron chi connectivity index (χ2n) is 4.52. The molecule has 20 heavy (non-hydrogen) atoms. The van der Waals surface area contributed by atoms with E-state index in [1.54, 1.807) is 0 Å². The van der Waals surface area contributed by atoms with Crippen LogP contribution in [-0.4, -0.2) is 36.1 Å². The largest absolute Gasteiger partial charge is 0.416 e. The molecule has 0 saturated carbocycles. The number of aromatic nitrogens is 1. The lowest BCUT2D eigenvalue weighted by molar-refractivity contribution is -0.137. The van der Waals surface area contributed by atoms with Crippen LogP contribution in [0.1, 0.15) is 25.8 Å². The Balaban J connectivity index is 2.62. The molecule has 0 aliphatic heterocycles. The molecule has 1 aromatic rings. The predicted octanol–water partition coefficient (Wildman–Crippen LogP) is 2.83. The Kier molecular flexibility index (Phi) is 6.06. The van der Waals surface area contributed by atoms with E-state index in [0.29, 0.717) is 6.54 Å². The third-order valence-electron chi connectivity index (χ3n) is 2.89. The molecule has 1 rings (SSSR count). The molecule has 1 heterocycles. The van der Waals surface area contributed by atoms with Crippen molar-refractivity contribution < 1.29 is 13.2 Å². The Labute approximate surface area is 117 Å². The predicted molar refractivity (Wildman–Crippen MR) is 74.5 cm³/mol. The number of nitrogen functional groups attached to an aromatic ring is 1. The summed E-state index contributed by atoms with van der Waals surface area (Å²) in [6.45, 7) is 7.30. The molecular formula is C13H21F3N4. The summed E-state index contributed by atoms with van der Waals surface area (Å²) in [4.78, 5) is 6.08. The fourth-order valence-corrected chi connectivity index (χ4v) is 1.89. The third kappa shape index (κ3) is 5.24. The van der Waals surface area contributed by atoms with Crippen LogP contribution >= 0.6 is 0 Å². The van der Waals surface area contributed by atoms with Crippen LogP contribution in [0.25, 0.3) is 0 Å². The number of anilines is 2. The SMILES string of the molecule is CCCN(CC)CCNc1cc(C(F)(F)F)cc(N)n1. The van der Waals surface area contributed by atoms with Crippen LogP contribution in [0.3, 0.4) is 0 Å². The molecule has 0 spiro atoms. The van der Waals surface area contributed by atoms with Gasteiger partial charge in [-0.2, -0.15) is 13.2 Å². The zero-order valence-corrected chi connectivity index (χ0v) is 11.8. The number of halogens is 3. The highest BCUT2D eigenvalue weighted by molar-refractivity contribution is 5.47. The summed E-state index contributed by atoms with van der Waals surface area (Å²) in [5.41, 5.74) is 4.62. The van der Waals surface area contributed by atoms with E-state index in [0.717, 1.165) is 38.2 Å². The van der Waals surface area contributed by atoms with E-state index in [2.05, 4.69) is 29.0 Å². The van der Waals surface area contributed by atoms with Crippen molar-refractivity contribution in [3.05, 3.63) is 17.7 Å². The van der Waals surface area contributed by atoms with Gasteiger partial charge in [-0.25, -0.2) is 4.98 Å². The summed E-state index contributed by atoms with van der Waals surface area (Å²) >= 11 is 0. The smallest absolute Gasteiger partial charge is 0.384 e. The maximum atomic E-state index is 12.6. The molecule has 0 amide bonds. The van der Waals surface area contributed by atoms with E-state index in [1.807, 2.05) is 0 Å². The van der Waals surface area contributed by atoms with Crippen molar-refractivity contribution in [1.82, 2.24) is 9.88 Å². The highest BCUT2D eigenvalue weighted by atomic mass is 19.4. The zero-order chi connectivity index (χ0) is 15.2. The van der Waals surface area contributed by atoms with Gasteiger partial charge in [-0.05, 0) is 31.6 Å². The van der Waals surface area contributed by atoms with Gasteiger partial charge in [0.05, 0.1) is 5.56 Å². The van der Waals surface area contributed by atoms with Gasteiger partial charge in [-0.15, -0.1) is 0 Å². The van der Waals surface area contributed by atoms with E-state index < -0.39 is 11.7 Å². The fourth-order valence-electron chi connectivity index (χ4n) is 1.89. The first-order chi connectivity index (χ1) is 9.36. The topological polar surface area (TPSA) is 54.2 Å². The van der Waals surface area contributed by atoms with E-state index in [4.69, 9.17) is 5.73 Å². The maximum absolute atomic E-state index is 12.6. The summed E-state index contributed by atoms with van der Waals surface area (Å²) < 4.78 is 37.9. The highest BCUT2D eigenvalue weighted by Gasteiger charge is 2.31. The number of nitrogens with one attached hydrogen (secondary N) is 1. The number of rotatable bonds is 7. The van der Waals surface area contributed by atoms with Crippen LogP contribution in [0.15, 0.2) is 12.1 Å². The van der Waals surface area contributed by atoms with Crippen LogP contribution in [-0.2, 0) is 6.18 Å². The molecule has 0 bridgehead atoms. The number of alkyl halides is 3. The van der Waals surface area contributed by atoms with Crippen LogP contribution < -0.4 is 11.1 Å². The van der Waals surface area contributed by atoms with E-state index >= 15 is 0 Å². The Morgan fingerprint density at radius 1 is 1.25 bits per heavy atom. The number of pyridine rings is 1. The number of likely N-dealkylation sites (N-methyl/N-ethyl adjacent to an activating group) is 1. The van der Waals surface area contributed by atoms with Crippen molar-refractivity contribution in [3.8, 4) is 0 Å². The lowest BCUT2D eigenvalue weighted by Crippen LogP contribution is -2.29. The van der Waals surface area contributed by atoms with Crippen LogP contribution in [0.4, 0.5) is 24.8 Å². The summed E-state index contributed by atoms with van der Waals surface area (Å²) in [6, 6.07) is 1.81. The monoisotopic (exact) mass is 290 g/mol. The van der Waals surface area contributed by atoms with Gasteiger partial charge >= 0.3 is 6.18 Å². The van der Waals surface area contributed by atoms with Crippen LogP contribution in [0.5, 0.6) is 0 Å². The van der Waals surface area contributed by atoms with Crippen molar-refractivity contribution in [2.24, 2.45) is 0 Å². The lowest BCUT2D eigenvalue weighted by Gasteiger charge is -2.20. The minimum absolute atomic E-state index is 0.136. The van der Waals surface area contributed by atoms with E-state index in [1.165, 1.54) is 0 Å². The summed E-state index contributed by atoms with van der Waals surface area (Å²) in [5, 5.41) is 2.89. The second-order valence-corrected chi connectivity index (χ2v) is 4.52. The zero-order valence-electron chi connectivity index (χ0n) is 11.8. The maximum Gasteiger partial charge on any atom is 0.416 e. The van der Waals surface area contributed by atoms with Gasteiger partial charge in [-0.1, -0.05) is 13.8 Å². The minimum atomic E-state index is -4.41. The quantitative estimate of drug-likeness (QED) is 0.811. The van der Waals surface area contributed by atoms with Gasteiger partial charge in [0.25, 0.3) is 0 Å². The number of hydrogen-bond acceptors (Lipinski definition) is 4.